The molecule has 1 aromatic heterocycles. The third kappa shape index (κ3) is 2.23. The molecule has 2 heterocycles. The molecule has 0 spiro atoms. The first kappa shape index (κ1) is 15.6. The molecule has 1 aliphatic rings. The number of hydrogen-bond donors (Lipinski definition) is 1. The molecule has 0 radical (unpaired) electrons. The lowest BCUT2D eigenvalue weighted by atomic mass is 10.0. The third-order valence-corrected chi connectivity index (χ3v) is 5.09. The lowest BCUT2D eigenvalue weighted by Gasteiger charge is -2.29. The summed E-state index contributed by atoms with van der Waals surface area (Å²) in [5.74, 6) is 0. The predicted molar refractivity (Wildman–Crippen MR) is 85.6 cm³/mol. The van der Waals surface area contributed by atoms with Gasteiger partial charge in [-0.15, -0.1) is 16.4 Å². The number of benzene rings is 1. The number of nitro groups is 1. The van der Waals surface area contributed by atoms with E-state index in [4.69, 9.17) is 0 Å². The highest BCUT2D eigenvalue weighted by Crippen LogP contribution is 2.38. The number of hydroxylamine groups is 3. The molecule has 1 aliphatic heterocycles. The summed E-state index contributed by atoms with van der Waals surface area (Å²) >= 11 is 1.41. The van der Waals surface area contributed by atoms with E-state index in [1.165, 1.54) is 29.5 Å². The van der Waals surface area contributed by atoms with Crippen LogP contribution in [0.1, 0.15) is 24.3 Å². The van der Waals surface area contributed by atoms with Crippen LogP contribution in [0.3, 0.4) is 0 Å². The molecule has 7 nitrogen and oxygen atoms in total. The Kier molecular flexibility index (Phi) is 3.67. The number of rotatable bonds is 3. The van der Waals surface area contributed by atoms with Crippen molar-refractivity contribution < 1.29 is 14.9 Å². The van der Waals surface area contributed by atoms with Gasteiger partial charge in [0.1, 0.15) is 6.04 Å². The maximum atomic E-state index is 12.9. The molecule has 0 fully saturated rings. The molecule has 1 aromatic carbocycles. The molecule has 2 unspecified atom stereocenters. The molecule has 8 heteroatoms. The fourth-order valence-corrected chi connectivity index (χ4v) is 3.72. The largest absolute Gasteiger partial charge is 0.622 e. The van der Waals surface area contributed by atoms with Gasteiger partial charge in [-0.1, -0.05) is 12.1 Å². The van der Waals surface area contributed by atoms with Crippen molar-refractivity contribution in [2.75, 3.05) is 0 Å². The van der Waals surface area contributed by atoms with Crippen molar-refractivity contribution in [3.63, 3.8) is 0 Å². The van der Waals surface area contributed by atoms with Crippen LogP contribution >= 0.6 is 11.3 Å². The van der Waals surface area contributed by atoms with E-state index in [2.05, 4.69) is 0 Å². The Morgan fingerprint density at radius 2 is 2.13 bits per heavy atom. The molecule has 0 saturated carbocycles. The minimum absolute atomic E-state index is 0.122. The number of nitro benzene ring substituents is 1. The Morgan fingerprint density at radius 1 is 1.39 bits per heavy atom. The van der Waals surface area contributed by atoms with Gasteiger partial charge in [-0.05, 0) is 24.4 Å². The summed E-state index contributed by atoms with van der Waals surface area (Å²) in [4.78, 5) is 11.2. The monoisotopic (exact) mass is 333 g/mol. The maximum absolute atomic E-state index is 12.9. The van der Waals surface area contributed by atoms with E-state index >= 15 is 0 Å². The van der Waals surface area contributed by atoms with Gasteiger partial charge in [0, 0.05) is 24.6 Å². The molecule has 3 rings (SSSR count). The van der Waals surface area contributed by atoms with Crippen molar-refractivity contribution in [2.45, 2.75) is 25.6 Å². The van der Waals surface area contributed by atoms with E-state index < -0.39 is 16.6 Å². The molecule has 2 atom stereocenters. The van der Waals surface area contributed by atoms with E-state index in [0.29, 0.717) is 11.3 Å². The third-order valence-electron chi connectivity index (χ3n) is 4.20. The van der Waals surface area contributed by atoms with E-state index in [-0.39, 0.29) is 5.69 Å². The molecule has 0 amide bonds. The van der Waals surface area contributed by atoms with Crippen LogP contribution in [0.4, 0.5) is 5.69 Å². The van der Waals surface area contributed by atoms with E-state index in [0.717, 1.165) is 14.7 Å². The van der Waals surface area contributed by atoms with Crippen molar-refractivity contribution in [1.29, 1.82) is 0 Å². The van der Waals surface area contributed by atoms with Crippen molar-refractivity contribution in [1.82, 2.24) is 5.06 Å². The second-order valence-corrected chi connectivity index (χ2v) is 6.45. The molecule has 2 aromatic rings. The molecular weight excluding hydrogens is 318 g/mol. The highest BCUT2D eigenvalue weighted by Gasteiger charge is 2.54. The molecule has 0 aliphatic carbocycles. The summed E-state index contributed by atoms with van der Waals surface area (Å²) in [6.07, 6.45) is 0. The summed E-state index contributed by atoms with van der Waals surface area (Å²) in [6.45, 7) is 3.28. The Bertz CT molecular complexity index is 790. The minimum Gasteiger partial charge on any atom is -0.622 e. The van der Waals surface area contributed by atoms with Crippen LogP contribution in [0.25, 0.3) is 0 Å². The van der Waals surface area contributed by atoms with Gasteiger partial charge in [0.2, 0.25) is 5.71 Å². The first-order chi connectivity index (χ1) is 10.9. The second kappa shape index (κ2) is 5.41. The number of nitrogens with zero attached hydrogens (tertiary/aromatic N) is 3. The number of hydrogen-bond acceptors (Lipinski definition) is 6. The first-order valence-electron chi connectivity index (χ1n) is 6.98. The van der Waals surface area contributed by atoms with Gasteiger partial charge in [0.15, 0.2) is 0 Å². The van der Waals surface area contributed by atoms with Gasteiger partial charge in [-0.2, -0.15) is 4.74 Å². The SMILES string of the molecule is CC1C(c2cccs2)=[N+]([O-])C(C)(c2cccc([N+](=O)[O-])c2)N1O. The van der Waals surface area contributed by atoms with Crippen LogP contribution in [0.5, 0.6) is 0 Å². The molecular formula is C15H15N3O4S. The van der Waals surface area contributed by atoms with Gasteiger partial charge in [0.25, 0.3) is 11.4 Å². The lowest BCUT2D eigenvalue weighted by Crippen LogP contribution is -2.45. The zero-order valence-electron chi connectivity index (χ0n) is 12.5. The average Bonchev–Trinajstić information content (AvgIpc) is 3.12. The van der Waals surface area contributed by atoms with E-state index in [1.54, 1.807) is 19.9 Å². The Hall–Kier alpha value is -2.29. The van der Waals surface area contributed by atoms with E-state index in [1.807, 2.05) is 17.5 Å². The fourth-order valence-electron chi connectivity index (χ4n) is 2.88. The quantitative estimate of drug-likeness (QED) is 0.403. The van der Waals surface area contributed by atoms with Crippen LogP contribution in [0.15, 0.2) is 41.8 Å². The number of thiophene rings is 1. The first-order valence-corrected chi connectivity index (χ1v) is 7.86. The molecule has 0 saturated heterocycles. The molecule has 0 bridgehead atoms. The van der Waals surface area contributed by atoms with Crippen molar-refractivity contribution in [3.05, 3.63) is 67.5 Å². The summed E-state index contributed by atoms with van der Waals surface area (Å²) in [5, 5.41) is 37.3. The van der Waals surface area contributed by atoms with Crippen molar-refractivity contribution in [2.24, 2.45) is 0 Å². The smallest absolute Gasteiger partial charge is 0.274 e. The summed E-state index contributed by atoms with van der Waals surface area (Å²) in [6, 6.07) is 8.89. The Labute approximate surface area is 136 Å². The zero-order chi connectivity index (χ0) is 16.8. The highest BCUT2D eigenvalue weighted by atomic mass is 32.1. The van der Waals surface area contributed by atoms with Crippen LogP contribution in [0, 0.1) is 15.3 Å². The van der Waals surface area contributed by atoms with Crippen molar-refractivity contribution in [3.8, 4) is 0 Å². The van der Waals surface area contributed by atoms with Gasteiger partial charge in [-0.25, -0.2) is 0 Å². The topological polar surface area (TPSA) is 92.7 Å². The normalized spacial score (nSPS) is 25.1. The van der Waals surface area contributed by atoms with Gasteiger partial charge >= 0.3 is 0 Å². The minimum atomic E-state index is -1.43. The zero-order valence-corrected chi connectivity index (χ0v) is 13.4. The Morgan fingerprint density at radius 3 is 2.74 bits per heavy atom. The highest BCUT2D eigenvalue weighted by molar-refractivity contribution is 7.12. The lowest BCUT2D eigenvalue weighted by molar-refractivity contribution is -0.595. The summed E-state index contributed by atoms with van der Waals surface area (Å²) < 4.78 is 0.739. The summed E-state index contributed by atoms with van der Waals surface area (Å²) in [7, 11) is 0. The summed E-state index contributed by atoms with van der Waals surface area (Å²) in [5.41, 5.74) is -0.744. The van der Waals surface area contributed by atoms with Crippen molar-refractivity contribution >= 4 is 22.7 Å². The van der Waals surface area contributed by atoms with E-state index in [9.17, 15) is 20.5 Å². The van der Waals surface area contributed by atoms with Gasteiger partial charge in [0.05, 0.1) is 9.80 Å². The average molecular weight is 333 g/mol. The van der Waals surface area contributed by atoms with Gasteiger partial charge < -0.3 is 10.4 Å². The second-order valence-electron chi connectivity index (χ2n) is 5.51. The molecule has 1 N–H and O–H groups in total. The predicted octanol–water partition coefficient (Wildman–Crippen LogP) is 2.92. The molecule has 120 valence electrons. The fraction of sp³-hybridized carbons (Fsp3) is 0.267. The molecule has 23 heavy (non-hydrogen) atoms. The van der Waals surface area contributed by atoms with Crippen LogP contribution in [-0.2, 0) is 5.66 Å². The van der Waals surface area contributed by atoms with Crippen LogP contribution in [-0.4, -0.2) is 31.7 Å². The standard InChI is InChI=1S/C15H15N3O4S/c1-10-14(13-7-4-8-23-13)17(20)15(2,16(10)19)11-5-3-6-12(9-11)18(21)22/h3-10,19H,1-2H3. The van der Waals surface area contributed by atoms with Crippen LogP contribution in [0.2, 0.25) is 0 Å². The Balaban J connectivity index is 2.17. The van der Waals surface area contributed by atoms with Gasteiger partial charge in [-0.3, -0.25) is 10.1 Å². The maximum Gasteiger partial charge on any atom is 0.274 e. The van der Waals surface area contributed by atoms with Crippen LogP contribution < -0.4 is 0 Å². The number of non-ortho nitro benzene ring substituents is 1.